The van der Waals surface area contributed by atoms with Gasteiger partial charge in [0.1, 0.15) is 5.56 Å². The molecule has 0 bridgehead atoms. The molecule has 0 aromatic heterocycles. The van der Waals surface area contributed by atoms with Crippen LogP contribution in [0.3, 0.4) is 0 Å². The number of carbonyl (C=O) groups excluding carboxylic acids is 2. The van der Waals surface area contributed by atoms with Crippen LogP contribution in [0, 0.1) is 16.0 Å². The quantitative estimate of drug-likeness (QED) is 0.483. The highest BCUT2D eigenvalue weighted by Crippen LogP contribution is 2.37. The molecular formula is C24H33F2N5O4. The number of nitro groups is 1. The van der Waals surface area contributed by atoms with Crippen LogP contribution >= 0.6 is 0 Å². The second-order valence-corrected chi connectivity index (χ2v) is 10.2. The first-order valence-electron chi connectivity index (χ1n) is 12.2. The number of nitrogens with one attached hydrogen (secondary N) is 1. The van der Waals surface area contributed by atoms with Crippen molar-refractivity contribution in [3.8, 4) is 0 Å². The van der Waals surface area contributed by atoms with Crippen molar-refractivity contribution in [1.82, 2.24) is 15.1 Å². The van der Waals surface area contributed by atoms with Crippen molar-refractivity contribution in [2.75, 3.05) is 45.2 Å². The van der Waals surface area contributed by atoms with Crippen LogP contribution < -0.4 is 10.2 Å². The Kier molecular flexibility index (Phi) is 7.25. The van der Waals surface area contributed by atoms with E-state index in [9.17, 15) is 28.5 Å². The zero-order chi connectivity index (χ0) is 25.3. The number of nitro benzene ring substituents is 1. The number of amides is 2. The first-order chi connectivity index (χ1) is 16.5. The fourth-order valence-corrected chi connectivity index (χ4v) is 5.35. The van der Waals surface area contributed by atoms with Crippen LogP contribution in [-0.2, 0) is 4.79 Å². The number of rotatable bonds is 6. The van der Waals surface area contributed by atoms with E-state index >= 15 is 0 Å². The van der Waals surface area contributed by atoms with Crippen LogP contribution in [0.5, 0.6) is 0 Å². The predicted molar refractivity (Wildman–Crippen MR) is 127 cm³/mol. The molecule has 2 saturated heterocycles. The molecule has 35 heavy (non-hydrogen) atoms. The maximum atomic E-state index is 13.2. The Hall–Kier alpha value is -2.82. The van der Waals surface area contributed by atoms with Crippen molar-refractivity contribution in [2.45, 2.75) is 56.5 Å². The summed E-state index contributed by atoms with van der Waals surface area (Å²) >= 11 is 0. The van der Waals surface area contributed by atoms with E-state index in [4.69, 9.17) is 0 Å². The Morgan fingerprint density at radius 1 is 1.09 bits per heavy atom. The molecule has 11 heteroatoms. The summed E-state index contributed by atoms with van der Waals surface area (Å²) in [5, 5.41) is 14.2. The van der Waals surface area contributed by atoms with E-state index in [-0.39, 0.29) is 47.9 Å². The van der Waals surface area contributed by atoms with Gasteiger partial charge < -0.3 is 20.0 Å². The van der Waals surface area contributed by atoms with Gasteiger partial charge in [0.15, 0.2) is 0 Å². The predicted octanol–water partition coefficient (Wildman–Crippen LogP) is 2.89. The molecule has 3 fully saturated rings. The molecule has 2 amide bonds. The number of halogens is 2. The van der Waals surface area contributed by atoms with E-state index in [1.165, 1.54) is 6.07 Å². The average molecular weight is 494 g/mol. The van der Waals surface area contributed by atoms with Gasteiger partial charge in [-0.1, -0.05) is 0 Å². The van der Waals surface area contributed by atoms with Crippen molar-refractivity contribution in [2.24, 2.45) is 5.92 Å². The molecule has 1 N–H and O–H groups in total. The molecule has 1 aliphatic carbocycles. The van der Waals surface area contributed by atoms with Crippen LogP contribution in [0.25, 0.3) is 0 Å². The van der Waals surface area contributed by atoms with Crippen molar-refractivity contribution in [1.29, 1.82) is 0 Å². The summed E-state index contributed by atoms with van der Waals surface area (Å²) in [6, 6.07) is 4.47. The molecule has 0 unspecified atom stereocenters. The number of hydrogen-bond acceptors (Lipinski definition) is 6. The van der Waals surface area contributed by atoms with Crippen LogP contribution in [0.1, 0.15) is 48.9 Å². The lowest BCUT2D eigenvalue weighted by molar-refractivity contribution is -0.385. The Balaban J connectivity index is 1.27. The third-order valence-electron chi connectivity index (χ3n) is 7.53. The van der Waals surface area contributed by atoms with Gasteiger partial charge in [0.2, 0.25) is 5.91 Å². The number of likely N-dealkylation sites (tertiary alicyclic amines) is 2. The molecular weight excluding hydrogens is 460 g/mol. The minimum Gasteiger partial charge on any atom is -0.378 e. The second kappa shape index (κ2) is 10.0. The van der Waals surface area contributed by atoms with Crippen LogP contribution in [0.15, 0.2) is 18.2 Å². The Bertz CT molecular complexity index is 965. The SMILES string of the molecule is CN(C)c1ccc([N+](=O)[O-])c(C(=O)N2CCC(N3CCC(C(=O)NC4CC(F)(F)C4)CC3)CC2)c1. The van der Waals surface area contributed by atoms with Crippen molar-refractivity contribution < 1.29 is 23.3 Å². The van der Waals surface area contributed by atoms with Gasteiger partial charge in [0, 0.05) is 69.8 Å². The summed E-state index contributed by atoms with van der Waals surface area (Å²) in [4.78, 5) is 42.4. The molecule has 2 heterocycles. The highest BCUT2D eigenvalue weighted by molar-refractivity contribution is 5.99. The monoisotopic (exact) mass is 493 g/mol. The van der Waals surface area contributed by atoms with Crippen molar-refractivity contribution in [3.63, 3.8) is 0 Å². The number of carbonyl (C=O) groups is 2. The lowest BCUT2D eigenvalue weighted by Gasteiger charge is -2.42. The van der Waals surface area contributed by atoms with E-state index in [1.807, 2.05) is 14.1 Å². The number of benzene rings is 1. The zero-order valence-electron chi connectivity index (χ0n) is 20.2. The first-order valence-corrected chi connectivity index (χ1v) is 12.2. The van der Waals surface area contributed by atoms with Crippen LogP contribution in [-0.4, -0.2) is 84.8 Å². The fourth-order valence-electron chi connectivity index (χ4n) is 5.35. The maximum absolute atomic E-state index is 13.2. The van der Waals surface area contributed by atoms with Gasteiger partial charge in [-0.05, 0) is 50.9 Å². The lowest BCUT2D eigenvalue weighted by atomic mass is 9.86. The largest absolute Gasteiger partial charge is 0.378 e. The summed E-state index contributed by atoms with van der Waals surface area (Å²) in [5.41, 5.74) is 0.649. The molecule has 2 aliphatic heterocycles. The molecule has 1 aromatic rings. The van der Waals surface area contributed by atoms with Gasteiger partial charge in [-0.15, -0.1) is 0 Å². The topological polar surface area (TPSA) is 99.0 Å². The van der Waals surface area contributed by atoms with Gasteiger partial charge >= 0.3 is 0 Å². The maximum Gasteiger partial charge on any atom is 0.282 e. The first kappa shape index (κ1) is 25.3. The van der Waals surface area contributed by atoms with Crippen molar-refractivity contribution in [3.05, 3.63) is 33.9 Å². The smallest absolute Gasteiger partial charge is 0.282 e. The number of piperidine rings is 2. The molecule has 0 spiro atoms. The lowest BCUT2D eigenvalue weighted by Crippen LogP contribution is -2.54. The third kappa shape index (κ3) is 5.71. The number of anilines is 1. The molecule has 9 nitrogen and oxygen atoms in total. The molecule has 3 aliphatic rings. The Labute approximate surface area is 203 Å². The van der Waals surface area contributed by atoms with Gasteiger partial charge in [-0.2, -0.15) is 0 Å². The Morgan fingerprint density at radius 3 is 2.26 bits per heavy atom. The normalized spacial score (nSPS) is 21.9. The molecule has 1 aromatic carbocycles. The van der Waals surface area contributed by atoms with Gasteiger partial charge in [0.25, 0.3) is 17.5 Å². The van der Waals surface area contributed by atoms with Crippen LogP contribution in [0.2, 0.25) is 0 Å². The highest BCUT2D eigenvalue weighted by Gasteiger charge is 2.46. The standard InChI is InChI=1S/C24H33F2N5O4/c1-28(2)19-3-4-21(31(34)35)20(13-19)23(33)30-11-7-18(8-12-30)29-9-5-16(6-10-29)22(32)27-17-14-24(25,26)15-17/h3-4,13,16-18H,5-12,14-15H2,1-2H3,(H,27,32). The molecule has 4 rings (SSSR count). The molecule has 192 valence electrons. The van der Waals surface area contributed by atoms with E-state index in [0.717, 1.165) is 31.6 Å². The zero-order valence-corrected chi connectivity index (χ0v) is 20.2. The van der Waals surface area contributed by atoms with E-state index in [2.05, 4.69) is 10.2 Å². The molecule has 1 saturated carbocycles. The summed E-state index contributed by atoms with van der Waals surface area (Å²) in [7, 11) is 3.64. The summed E-state index contributed by atoms with van der Waals surface area (Å²) in [5.74, 6) is -3.23. The number of nitrogens with zero attached hydrogens (tertiary/aromatic N) is 4. The Morgan fingerprint density at radius 2 is 1.71 bits per heavy atom. The highest BCUT2D eigenvalue weighted by atomic mass is 19.3. The van der Waals surface area contributed by atoms with E-state index < -0.39 is 16.9 Å². The summed E-state index contributed by atoms with van der Waals surface area (Å²) < 4.78 is 26.0. The molecule has 0 radical (unpaired) electrons. The minimum atomic E-state index is -2.64. The van der Waals surface area contributed by atoms with Gasteiger partial charge in [-0.3, -0.25) is 19.7 Å². The van der Waals surface area contributed by atoms with Crippen LogP contribution in [0.4, 0.5) is 20.2 Å². The van der Waals surface area contributed by atoms with Crippen molar-refractivity contribution >= 4 is 23.2 Å². The third-order valence-corrected chi connectivity index (χ3v) is 7.53. The van der Waals surface area contributed by atoms with E-state index in [0.29, 0.717) is 25.9 Å². The average Bonchev–Trinajstić information content (AvgIpc) is 2.82. The van der Waals surface area contributed by atoms with Gasteiger partial charge in [-0.25, -0.2) is 8.78 Å². The van der Waals surface area contributed by atoms with Gasteiger partial charge in [0.05, 0.1) is 4.92 Å². The fraction of sp³-hybridized carbons (Fsp3) is 0.667. The second-order valence-electron chi connectivity index (χ2n) is 10.2. The minimum absolute atomic E-state index is 0.107. The number of alkyl halides is 2. The number of hydrogen-bond donors (Lipinski definition) is 1. The summed E-state index contributed by atoms with van der Waals surface area (Å²) in [6.45, 7) is 2.55. The molecule has 0 atom stereocenters. The summed E-state index contributed by atoms with van der Waals surface area (Å²) in [6.07, 6.45) is 2.38. The van der Waals surface area contributed by atoms with E-state index in [1.54, 1.807) is 21.9 Å².